The molecule has 3 nitrogen and oxygen atoms in total. The number of fused-ring (bicyclic) bond motifs is 1. The molecule has 2 rings (SSSR count). The van der Waals surface area contributed by atoms with Gasteiger partial charge in [0.1, 0.15) is 11.6 Å². The molecule has 1 aromatic heterocycles. The first-order chi connectivity index (χ1) is 7.70. The van der Waals surface area contributed by atoms with E-state index in [-0.39, 0.29) is 0 Å². The second-order valence-electron chi connectivity index (χ2n) is 3.41. The van der Waals surface area contributed by atoms with E-state index in [0.29, 0.717) is 5.75 Å². The molecule has 0 atom stereocenters. The van der Waals surface area contributed by atoms with Gasteiger partial charge in [-0.3, -0.25) is 0 Å². The number of rotatable bonds is 3. The van der Waals surface area contributed by atoms with Gasteiger partial charge < -0.3 is 5.32 Å². The van der Waals surface area contributed by atoms with Gasteiger partial charge in [0, 0.05) is 22.2 Å². The standard InChI is InChI=1S/C11H11BrN3S/c1-7-14-10-3-2-8(12)6-9(10)11(15-7)13-4-5-16/h2-3,6H,4-5H2,1H3,(H,13,14,15). The molecule has 0 aliphatic heterocycles. The Morgan fingerprint density at radius 2 is 2.19 bits per heavy atom. The van der Waals surface area contributed by atoms with Crippen LogP contribution in [0.15, 0.2) is 22.7 Å². The van der Waals surface area contributed by atoms with E-state index >= 15 is 0 Å². The Hall–Kier alpha value is -0.810. The molecule has 0 fully saturated rings. The number of nitrogens with one attached hydrogen (secondary N) is 1. The normalized spacial score (nSPS) is 10.7. The van der Waals surface area contributed by atoms with Crippen molar-refractivity contribution in [3.8, 4) is 0 Å². The van der Waals surface area contributed by atoms with Crippen LogP contribution < -0.4 is 5.32 Å². The third-order valence-electron chi connectivity index (χ3n) is 2.16. The maximum atomic E-state index is 4.92. The van der Waals surface area contributed by atoms with Crippen LogP contribution in [0.1, 0.15) is 5.82 Å². The van der Waals surface area contributed by atoms with E-state index in [9.17, 15) is 0 Å². The summed E-state index contributed by atoms with van der Waals surface area (Å²) in [5, 5.41) is 4.25. The van der Waals surface area contributed by atoms with Gasteiger partial charge in [-0.25, -0.2) is 9.97 Å². The largest absolute Gasteiger partial charge is 0.369 e. The number of hydrogen-bond acceptors (Lipinski definition) is 3. The number of benzene rings is 1. The molecule has 0 unspecified atom stereocenters. The predicted molar refractivity (Wildman–Crippen MR) is 72.9 cm³/mol. The molecule has 1 radical (unpaired) electrons. The fourth-order valence-corrected chi connectivity index (χ4v) is 1.98. The van der Waals surface area contributed by atoms with Gasteiger partial charge >= 0.3 is 0 Å². The summed E-state index contributed by atoms with van der Waals surface area (Å²) in [4.78, 5) is 8.78. The summed E-state index contributed by atoms with van der Waals surface area (Å²) in [5.41, 5.74) is 0.947. The highest BCUT2D eigenvalue weighted by Gasteiger charge is 2.05. The molecule has 0 saturated carbocycles. The minimum atomic E-state index is 0.665. The van der Waals surface area contributed by atoms with Crippen molar-refractivity contribution in [2.75, 3.05) is 17.6 Å². The minimum absolute atomic E-state index is 0.665. The van der Waals surface area contributed by atoms with Crippen LogP contribution in [-0.2, 0) is 0 Å². The molecule has 1 heterocycles. The second kappa shape index (κ2) is 5.01. The quantitative estimate of drug-likeness (QED) is 0.944. The van der Waals surface area contributed by atoms with Gasteiger partial charge in [-0.05, 0) is 25.1 Å². The Morgan fingerprint density at radius 3 is 2.94 bits per heavy atom. The molecule has 1 N–H and O–H groups in total. The van der Waals surface area contributed by atoms with Crippen LogP contribution in [0.25, 0.3) is 10.9 Å². The molecule has 0 bridgehead atoms. The van der Waals surface area contributed by atoms with E-state index in [4.69, 9.17) is 12.6 Å². The number of anilines is 1. The van der Waals surface area contributed by atoms with Gasteiger partial charge in [0.05, 0.1) is 5.52 Å². The highest BCUT2D eigenvalue weighted by atomic mass is 79.9. The van der Waals surface area contributed by atoms with Gasteiger partial charge in [0.15, 0.2) is 0 Å². The van der Waals surface area contributed by atoms with Crippen LogP contribution in [0.3, 0.4) is 0 Å². The van der Waals surface area contributed by atoms with Crippen molar-refractivity contribution in [3.05, 3.63) is 28.5 Å². The van der Waals surface area contributed by atoms with Crippen LogP contribution in [0, 0.1) is 6.92 Å². The molecule has 0 aliphatic rings. The van der Waals surface area contributed by atoms with Crippen LogP contribution in [0.4, 0.5) is 5.82 Å². The average molecular weight is 297 g/mol. The summed E-state index contributed by atoms with van der Waals surface area (Å²) >= 11 is 8.37. The van der Waals surface area contributed by atoms with Crippen molar-refractivity contribution < 1.29 is 0 Å². The average Bonchev–Trinajstić information content (AvgIpc) is 2.26. The van der Waals surface area contributed by atoms with Gasteiger partial charge in [0.2, 0.25) is 0 Å². The topological polar surface area (TPSA) is 37.8 Å². The summed E-state index contributed by atoms with van der Waals surface area (Å²) < 4.78 is 1.02. The van der Waals surface area contributed by atoms with E-state index < -0.39 is 0 Å². The van der Waals surface area contributed by atoms with Crippen LogP contribution in [-0.4, -0.2) is 22.3 Å². The molecule has 83 valence electrons. The smallest absolute Gasteiger partial charge is 0.137 e. The number of aromatic nitrogens is 2. The van der Waals surface area contributed by atoms with E-state index in [1.807, 2.05) is 25.1 Å². The Labute approximate surface area is 108 Å². The molecule has 0 spiro atoms. The molecule has 1 aromatic carbocycles. The summed E-state index contributed by atoms with van der Waals surface area (Å²) in [6.45, 7) is 2.63. The first-order valence-electron chi connectivity index (χ1n) is 4.96. The molecular formula is C11H11BrN3S. The molecular weight excluding hydrogens is 286 g/mol. The van der Waals surface area contributed by atoms with E-state index in [0.717, 1.165) is 33.6 Å². The Morgan fingerprint density at radius 1 is 1.38 bits per heavy atom. The van der Waals surface area contributed by atoms with Crippen LogP contribution >= 0.6 is 28.6 Å². The zero-order valence-corrected chi connectivity index (χ0v) is 11.2. The molecule has 0 saturated heterocycles. The number of hydrogen-bond donors (Lipinski definition) is 1. The Balaban J connectivity index is 2.55. The Bertz CT molecular complexity index is 516. The zero-order chi connectivity index (χ0) is 11.5. The van der Waals surface area contributed by atoms with Crippen molar-refractivity contribution >= 4 is 45.3 Å². The first-order valence-corrected chi connectivity index (χ1v) is 6.33. The fraction of sp³-hybridized carbons (Fsp3) is 0.273. The SMILES string of the molecule is Cc1nc(NCC[S])c2cc(Br)ccc2n1. The van der Waals surface area contributed by atoms with Gasteiger partial charge in [-0.2, -0.15) is 0 Å². The van der Waals surface area contributed by atoms with Crippen molar-refractivity contribution in [2.24, 2.45) is 0 Å². The summed E-state index contributed by atoms with van der Waals surface area (Å²) in [6.07, 6.45) is 0. The minimum Gasteiger partial charge on any atom is -0.369 e. The highest BCUT2D eigenvalue weighted by molar-refractivity contribution is 9.10. The fourth-order valence-electron chi connectivity index (χ4n) is 1.52. The summed E-state index contributed by atoms with van der Waals surface area (Å²) in [5.74, 6) is 2.29. The lowest BCUT2D eigenvalue weighted by Gasteiger charge is -2.08. The highest BCUT2D eigenvalue weighted by Crippen LogP contribution is 2.24. The summed E-state index contributed by atoms with van der Waals surface area (Å²) in [6, 6.07) is 5.97. The summed E-state index contributed by atoms with van der Waals surface area (Å²) in [7, 11) is 0. The Kier molecular flexibility index (Phi) is 3.66. The van der Waals surface area contributed by atoms with Crippen molar-refractivity contribution in [1.29, 1.82) is 0 Å². The molecule has 0 amide bonds. The third kappa shape index (κ3) is 2.47. The monoisotopic (exact) mass is 296 g/mol. The second-order valence-corrected chi connectivity index (χ2v) is 4.74. The molecule has 2 aromatic rings. The molecule has 5 heteroatoms. The van der Waals surface area contributed by atoms with E-state index in [1.165, 1.54) is 0 Å². The third-order valence-corrected chi connectivity index (χ3v) is 2.86. The zero-order valence-electron chi connectivity index (χ0n) is 8.83. The predicted octanol–water partition coefficient (Wildman–Crippen LogP) is 3.31. The molecule has 0 aliphatic carbocycles. The van der Waals surface area contributed by atoms with Crippen molar-refractivity contribution in [2.45, 2.75) is 6.92 Å². The van der Waals surface area contributed by atoms with Gasteiger partial charge in [-0.1, -0.05) is 28.6 Å². The van der Waals surface area contributed by atoms with Crippen molar-refractivity contribution in [1.82, 2.24) is 9.97 Å². The van der Waals surface area contributed by atoms with Crippen molar-refractivity contribution in [3.63, 3.8) is 0 Å². The van der Waals surface area contributed by atoms with Gasteiger partial charge in [-0.15, -0.1) is 0 Å². The number of aryl methyl sites for hydroxylation is 1. The van der Waals surface area contributed by atoms with E-state index in [2.05, 4.69) is 31.2 Å². The maximum absolute atomic E-state index is 4.92. The number of halogens is 1. The van der Waals surface area contributed by atoms with Crippen LogP contribution in [0.5, 0.6) is 0 Å². The lowest BCUT2D eigenvalue weighted by molar-refractivity contribution is 1.07. The van der Waals surface area contributed by atoms with Gasteiger partial charge in [0.25, 0.3) is 0 Å². The first kappa shape index (κ1) is 11.7. The lowest BCUT2D eigenvalue weighted by Crippen LogP contribution is -2.06. The number of nitrogens with zero attached hydrogens (tertiary/aromatic N) is 2. The lowest BCUT2D eigenvalue weighted by atomic mass is 10.2. The maximum Gasteiger partial charge on any atom is 0.137 e. The molecule has 16 heavy (non-hydrogen) atoms. The van der Waals surface area contributed by atoms with E-state index in [1.54, 1.807) is 0 Å². The van der Waals surface area contributed by atoms with Crippen LogP contribution in [0.2, 0.25) is 0 Å².